The topological polar surface area (TPSA) is 109 Å². The molecule has 0 aliphatic heterocycles. The number of thiophene rings is 1. The maximum absolute atomic E-state index is 13.2. The average molecular weight is 440 g/mol. The Morgan fingerprint density at radius 3 is 2.76 bits per heavy atom. The summed E-state index contributed by atoms with van der Waals surface area (Å²) < 4.78 is 39.5. The summed E-state index contributed by atoms with van der Waals surface area (Å²) in [5.41, 5.74) is 4.98. The maximum Gasteiger partial charge on any atom is 0.417 e. The zero-order valence-corrected chi connectivity index (χ0v) is 16.8. The number of aryl methyl sites for hydroxylation is 2. The number of nitrogens with zero attached hydrogens (tertiary/aromatic N) is 2. The lowest BCUT2D eigenvalue weighted by molar-refractivity contribution is -0.138. The number of primary amides is 1. The molecule has 2 aromatic rings. The van der Waals surface area contributed by atoms with Crippen molar-refractivity contribution in [2.45, 2.75) is 37.4 Å². The second-order valence-corrected chi connectivity index (χ2v) is 8.43. The van der Waals surface area contributed by atoms with E-state index in [1.807, 2.05) is 0 Å². The van der Waals surface area contributed by atoms with Crippen LogP contribution < -0.4 is 11.1 Å². The number of amides is 2. The first-order chi connectivity index (χ1) is 13.6. The van der Waals surface area contributed by atoms with Crippen molar-refractivity contribution in [3.63, 3.8) is 0 Å². The fraction of sp³-hybridized carbons (Fsp3) is 0.333. The van der Waals surface area contributed by atoms with Gasteiger partial charge in [0.05, 0.1) is 22.4 Å². The normalized spacial score (nSPS) is 13.1. The molecule has 6 nitrogen and oxygen atoms in total. The lowest BCUT2D eigenvalue weighted by Gasteiger charge is -2.12. The predicted molar refractivity (Wildman–Crippen MR) is 103 cm³/mol. The fourth-order valence-corrected chi connectivity index (χ4v) is 5.29. The minimum absolute atomic E-state index is 0.0879. The molecule has 11 heteroatoms. The van der Waals surface area contributed by atoms with Gasteiger partial charge >= 0.3 is 6.18 Å². The molecule has 152 valence electrons. The summed E-state index contributed by atoms with van der Waals surface area (Å²) >= 11 is 2.02. The molecule has 0 saturated carbocycles. The molecule has 0 spiro atoms. The number of aromatic nitrogens is 1. The van der Waals surface area contributed by atoms with Crippen molar-refractivity contribution in [3.8, 4) is 6.07 Å². The Hall–Kier alpha value is -2.58. The van der Waals surface area contributed by atoms with Gasteiger partial charge in [-0.3, -0.25) is 9.59 Å². The summed E-state index contributed by atoms with van der Waals surface area (Å²) in [6.45, 7) is 1.38. The first-order valence-electron chi connectivity index (χ1n) is 8.47. The number of hydrogen-bond acceptors (Lipinski definition) is 6. The number of halogens is 3. The Bertz CT molecular complexity index is 1040. The second-order valence-electron chi connectivity index (χ2n) is 6.36. The number of rotatable bonds is 5. The third-order valence-corrected chi connectivity index (χ3v) is 6.47. The van der Waals surface area contributed by atoms with E-state index in [1.54, 1.807) is 0 Å². The number of anilines is 1. The molecule has 0 saturated heterocycles. The Morgan fingerprint density at radius 1 is 1.41 bits per heavy atom. The number of carbonyl (C=O) groups is 2. The number of hydrogen-bond donors (Lipinski definition) is 2. The number of thioether (sulfide) groups is 1. The van der Waals surface area contributed by atoms with Gasteiger partial charge in [0.1, 0.15) is 16.1 Å². The van der Waals surface area contributed by atoms with Crippen molar-refractivity contribution in [2.24, 2.45) is 5.73 Å². The van der Waals surface area contributed by atoms with E-state index in [2.05, 4.69) is 10.3 Å². The smallest absolute Gasteiger partial charge is 0.365 e. The summed E-state index contributed by atoms with van der Waals surface area (Å²) in [6, 6.07) is 2.33. The van der Waals surface area contributed by atoms with Gasteiger partial charge < -0.3 is 11.1 Å². The van der Waals surface area contributed by atoms with Crippen LogP contribution in [0.25, 0.3) is 0 Å². The third-order valence-electron chi connectivity index (χ3n) is 4.29. The Balaban J connectivity index is 1.78. The van der Waals surface area contributed by atoms with E-state index in [0.29, 0.717) is 17.0 Å². The van der Waals surface area contributed by atoms with Crippen molar-refractivity contribution >= 4 is 39.9 Å². The van der Waals surface area contributed by atoms with Gasteiger partial charge in [0.15, 0.2) is 0 Å². The SMILES string of the molecule is Cc1cc(C(F)(F)F)c(C#N)c(SCC(=O)Nc2sc3c(c2C(N)=O)CCC3)n1. The highest BCUT2D eigenvalue weighted by Gasteiger charge is 2.35. The summed E-state index contributed by atoms with van der Waals surface area (Å²) in [6.07, 6.45) is -2.26. The summed E-state index contributed by atoms with van der Waals surface area (Å²) in [7, 11) is 0. The van der Waals surface area contributed by atoms with Gasteiger partial charge in [-0.15, -0.1) is 11.3 Å². The molecule has 1 aliphatic rings. The molecule has 1 aliphatic carbocycles. The highest BCUT2D eigenvalue weighted by molar-refractivity contribution is 8.00. The Morgan fingerprint density at radius 2 is 2.14 bits per heavy atom. The van der Waals surface area contributed by atoms with Crippen molar-refractivity contribution in [2.75, 3.05) is 11.1 Å². The molecule has 0 aromatic carbocycles. The number of pyridine rings is 1. The van der Waals surface area contributed by atoms with Crippen molar-refractivity contribution in [3.05, 3.63) is 38.9 Å². The van der Waals surface area contributed by atoms with E-state index in [9.17, 15) is 22.8 Å². The van der Waals surface area contributed by atoms with Gasteiger partial charge in [-0.2, -0.15) is 18.4 Å². The monoisotopic (exact) mass is 440 g/mol. The van der Waals surface area contributed by atoms with Crippen molar-refractivity contribution < 1.29 is 22.8 Å². The number of nitrogens with two attached hydrogens (primary N) is 1. The molecule has 2 amide bonds. The summed E-state index contributed by atoms with van der Waals surface area (Å²) in [5, 5.41) is 12.0. The van der Waals surface area contributed by atoms with E-state index >= 15 is 0 Å². The van der Waals surface area contributed by atoms with Crippen LogP contribution in [0, 0.1) is 18.3 Å². The van der Waals surface area contributed by atoms with E-state index in [0.717, 1.165) is 41.1 Å². The summed E-state index contributed by atoms with van der Waals surface area (Å²) in [4.78, 5) is 29.1. The maximum atomic E-state index is 13.2. The number of alkyl halides is 3. The van der Waals surface area contributed by atoms with E-state index in [-0.39, 0.29) is 16.5 Å². The molecule has 0 bridgehead atoms. The van der Waals surface area contributed by atoms with E-state index in [4.69, 9.17) is 11.0 Å². The van der Waals surface area contributed by atoms with Crippen LogP contribution in [0.1, 0.15) is 44.0 Å². The third kappa shape index (κ3) is 4.38. The Labute approximate surface area is 172 Å². The largest absolute Gasteiger partial charge is 0.417 e. The zero-order valence-electron chi connectivity index (χ0n) is 15.1. The van der Waals surface area contributed by atoms with Crippen LogP contribution in [0.2, 0.25) is 0 Å². The molecule has 3 N–H and O–H groups in total. The zero-order chi connectivity index (χ0) is 21.3. The molecule has 0 radical (unpaired) electrons. The van der Waals surface area contributed by atoms with Gasteiger partial charge in [-0.05, 0) is 37.8 Å². The Kier molecular flexibility index (Phi) is 5.86. The quantitative estimate of drug-likeness (QED) is 0.690. The molecule has 0 atom stereocenters. The number of carbonyl (C=O) groups excluding carboxylic acids is 2. The first-order valence-corrected chi connectivity index (χ1v) is 10.3. The lowest BCUT2D eigenvalue weighted by atomic mass is 10.1. The molecular weight excluding hydrogens is 425 g/mol. The minimum Gasteiger partial charge on any atom is -0.365 e. The second kappa shape index (κ2) is 8.04. The van der Waals surface area contributed by atoms with Crippen LogP contribution in [0.15, 0.2) is 11.1 Å². The van der Waals surface area contributed by atoms with E-state index in [1.165, 1.54) is 24.3 Å². The van der Waals surface area contributed by atoms with E-state index < -0.39 is 29.1 Å². The molecule has 0 fully saturated rings. The lowest BCUT2D eigenvalue weighted by Crippen LogP contribution is -2.19. The first kappa shape index (κ1) is 21.1. The molecular formula is C18H15F3N4O2S2. The fourth-order valence-electron chi connectivity index (χ4n) is 3.13. The van der Waals surface area contributed by atoms with Crippen molar-refractivity contribution in [1.29, 1.82) is 5.26 Å². The van der Waals surface area contributed by atoms with Crippen LogP contribution >= 0.6 is 23.1 Å². The van der Waals surface area contributed by atoms with Crippen LogP contribution in [0.3, 0.4) is 0 Å². The number of nitrogens with one attached hydrogen (secondary N) is 1. The number of nitriles is 1. The van der Waals surface area contributed by atoms with Crippen LogP contribution in [-0.4, -0.2) is 22.6 Å². The van der Waals surface area contributed by atoms with Crippen LogP contribution in [-0.2, 0) is 23.8 Å². The standard InChI is InChI=1S/C18H15F3N4O2S2/c1-8-5-11(18(19,20)21)10(6-22)16(24-8)28-7-13(26)25-17-14(15(23)27)9-3-2-4-12(9)29-17/h5H,2-4,7H2,1H3,(H2,23,27)(H,25,26). The summed E-state index contributed by atoms with van der Waals surface area (Å²) in [5.74, 6) is -1.43. The highest BCUT2D eigenvalue weighted by Crippen LogP contribution is 2.39. The van der Waals surface area contributed by atoms with Gasteiger partial charge in [-0.25, -0.2) is 4.98 Å². The number of fused-ring (bicyclic) bond motifs is 1. The molecule has 2 heterocycles. The van der Waals surface area contributed by atoms with Crippen LogP contribution in [0.5, 0.6) is 0 Å². The molecule has 3 rings (SSSR count). The minimum atomic E-state index is -4.70. The van der Waals surface area contributed by atoms with Gasteiger partial charge in [0, 0.05) is 10.6 Å². The van der Waals surface area contributed by atoms with Gasteiger partial charge in [0.2, 0.25) is 5.91 Å². The molecule has 2 aromatic heterocycles. The van der Waals surface area contributed by atoms with Crippen molar-refractivity contribution in [1.82, 2.24) is 4.98 Å². The predicted octanol–water partition coefficient (Wildman–Crippen LogP) is 3.66. The molecule has 29 heavy (non-hydrogen) atoms. The molecule has 0 unspecified atom stereocenters. The van der Waals surface area contributed by atoms with Crippen LogP contribution in [0.4, 0.5) is 18.2 Å². The van der Waals surface area contributed by atoms with Gasteiger partial charge in [0.25, 0.3) is 5.91 Å². The average Bonchev–Trinajstić information content (AvgIpc) is 3.18. The van der Waals surface area contributed by atoms with Gasteiger partial charge in [-0.1, -0.05) is 11.8 Å². The highest BCUT2D eigenvalue weighted by atomic mass is 32.2.